The summed E-state index contributed by atoms with van der Waals surface area (Å²) in [6, 6.07) is 9.25. The average Bonchev–Trinajstić information content (AvgIpc) is 2.68. The quantitative estimate of drug-likeness (QED) is 0.460. The Hall–Kier alpha value is -2.95. The van der Waals surface area contributed by atoms with E-state index in [1.165, 1.54) is 42.5 Å². The van der Waals surface area contributed by atoms with Crippen molar-refractivity contribution in [3.63, 3.8) is 0 Å². The van der Waals surface area contributed by atoms with E-state index in [4.69, 9.17) is 12.2 Å². The maximum Gasteiger partial charge on any atom is 0.573 e. The zero-order valence-corrected chi connectivity index (χ0v) is 15.8. The molecule has 0 saturated carbocycles. The lowest BCUT2D eigenvalue weighted by atomic mass is 10.2. The summed E-state index contributed by atoms with van der Waals surface area (Å²) < 4.78 is 53.6. The minimum Gasteiger partial charge on any atom is -0.406 e. The van der Waals surface area contributed by atoms with Crippen LogP contribution in [0.3, 0.4) is 0 Å². The number of alkyl halides is 3. The van der Waals surface area contributed by atoms with Gasteiger partial charge in [-0.2, -0.15) is 4.39 Å². The summed E-state index contributed by atoms with van der Waals surface area (Å²) in [6.45, 7) is 1.64. The third-order valence-electron chi connectivity index (χ3n) is 4.13. The predicted molar refractivity (Wildman–Crippen MR) is 101 cm³/mol. The molecule has 6 nitrogen and oxygen atoms in total. The number of thiocarbonyl (C=S) groups is 1. The van der Waals surface area contributed by atoms with Crippen molar-refractivity contribution in [2.24, 2.45) is 0 Å². The Labute approximate surface area is 169 Å². The number of carbonyl (C=O) groups is 1. The number of piperazine rings is 1. The standard InChI is InChI=1S/C18H16F4N4O2S/c19-15-3-1-2-14(24-15)16(27)25-8-10-26(11-9-25)17(29)23-12-4-6-13(7-5-12)28-18(20,21)22/h1-7H,8-11H2,(H,23,29). The van der Waals surface area contributed by atoms with Crippen molar-refractivity contribution in [1.29, 1.82) is 0 Å². The van der Waals surface area contributed by atoms with Crippen LogP contribution in [-0.4, -0.2) is 58.3 Å². The smallest absolute Gasteiger partial charge is 0.406 e. The number of rotatable bonds is 3. The Kier molecular flexibility index (Phi) is 6.16. The number of benzene rings is 1. The lowest BCUT2D eigenvalue weighted by Gasteiger charge is -2.36. The van der Waals surface area contributed by atoms with Crippen LogP contribution in [0.25, 0.3) is 0 Å². The number of aromatic nitrogens is 1. The van der Waals surface area contributed by atoms with E-state index in [0.717, 1.165) is 0 Å². The topological polar surface area (TPSA) is 57.7 Å². The first-order valence-electron chi connectivity index (χ1n) is 8.55. The largest absolute Gasteiger partial charge is 0.573 e. The van der Waals surface area contributed by atoms with E-state index in [0.29, 0.717) is 37.0 Å². The van der Waals surface area contributed by atoms with Gasteiger partial charge in [-0.3, -0.25) is 4.79 Å². The summed E-state index contributed by atoms with van der Waals surface area (Å²) in [5, 5.41) is 3.32. The maximum absolute atomic E-state index is 13.2. The number of anilines is 1. The first-order valence-corrected chi connectivity index (χ1v) is 8.96. The highest BCUT2D eigenvalue weighted by Crippen LogP contribution is 2.24. The van der Waals surface area contributed by atoms with E-state index >= 15 is 0 Å². The van der Waals surface area contributed by atoms with Gasteiger partial charge in [0.05, 0.1) is 0 Å². The number of hydrogen-bond acceptors (Lipinski definition) is 4. The monoisotopic (exact) mass is 428 g/mol. The molecular weight excluding hydrogens is 412 g/mol. The van der Waals surface area contributed by atoms with E-state index in [1.54, 1.807) is 4.90 Å². The van der Waals surface area contributed by atoms with E-state index in [2.05, 4.69) is 15.0 Å². The molecule has 0 spiro atoms. The highest BCUT2D eigenvalue weighted by atomic mass is 32.1. The van der Waals surface area contributed by atoms with Crippen LogP contribution in [0, 0.1) is 5.95 Å². The zero-order chi connectivity index (χ0) is 21.0. The van der Waals surface area contributed by atoms with Gasteiger partial charge >= 0.3 is 6.36 Å². The van der Waals surface area contributed by atoms with Gasteiger partial charge in [0, 0.05) is 31.9 Å². The number of hydrogen-bond donors (Lipinski definition) is 1. The highest BCUT2D eigenvalue weighted by molar-refractivity contribution is 7.80. The normalized spacial score (nSPS) is 14.5. The second-order valence-electron chi connectivity index (χ2n) is 6.13. The molecule has 1 fully saturated rings. The molecule has 1 aliphatic heterocycles. The minimum atomic E-state index is -4.75. The van der Waals surface area contributed by atoms with Crippen LogP contribution in [0.5, 0.6) is 5.75 Å². The van der Waals surface area contributed by atoms with E-state index in [9.17, 15) is 22.4 Å². The van der Waals surface area contributed by atoms with Crippen molar-refractivity contribution in [2.75, 3.05) is 31.5 Å². The lowest BCUT2D eigenvalue weighted by Crippen LogP contribution is -2.51. The first-order chi connectivity index (χ1) is 13.7. The van der Waals surface area contributed by atoms with Crippen molar-refractivity contribution in [3.05, 3.63) is 54.1 Å². The molecule has 2 aromatic rings. The van der Waals surface area contributed by atoms with Gasteiger partial charge in [0.15, 0.2) is 5.11 Å². The fourth-order valence-electron chi connectivity index (χ4n) is 2.74. The molecule has 2 heterocycles. The van der Waals surface area contributed by atoms with Crippen LogP contribution in [0.15, 0.2) is 42.5 Å². The maximum atomic E-state index is 13.2. The molecule has 1 saturated heterocycles. The summed E-state index contributed by atoms with van der Waals surface area (Å²) in [5.74, 6) is -1.40. The van der Waals surface area contributed by atoms with Gasteiger partial charge in [-0.25, -0.2) is 4.98 Å². The fourth-order valence-corrected chi connectivity index (χ4v) is 3.04. The van der Waals surface area contributed by atoms with Gasteiger partial charge in [0.25, 0.3) is 5.91 Å². The van der Waals surface area contributed by atoms with E-state index in [1.807, 2.05) is 4.90 Å². The molecule has 1 aliphatic rings. The van der Waals surface area contributed by atoms with E-state index in [-0.39, 0.29) is 17.4 Å². The van der Waals surface area contributed by atoms with E-state index < -0.39 is 12.3 Å². The Morgan fingerprint density at radius 2 is 1.66 bits per heavy atom. The number of nitrogens with one attached hydrogen (secondary N) is 1. The van der Waals surface area contributed by atoms with Crippen molar-refractivity contribution in [1.82, 2.24) is 14.8 Å². The SMILES string of the molecule is O=C(c1cccc(F)n1)N1CCN(C(=S)Nc2ccc(OC(F)(F)F)cc2)CC1. The summed E-state index contributed by atoms with van der Waals surface area (Å²) in [6.07, 6.45) is -4.75. The van der Waals surface area contributed by atoms with Crippen LogP contribution in [0.1, 0.15) is 10.5 Å². The van der Waals surface area contributed by atoms with Crippen molar-refractivity contribution >= 4 is 28.9 Å². The second kappa shape index (κ2) is 8.60. The van der Waals surface area contributed by atoms with Crippen LogP contribution >= 0.6 is 12.2 Å². The van der Waals surface area contributed by atoms with Crippen LogP contribution in [0.2, 0.25) is 0 Å². The summed E-state index contributed by atoms with van der Waals surface area (Å²) in [4.78, 5) is 19.4. The summed E-state index contributed by atoms with van der Waals surface area (Å²) in [7, 11) is 0. The molecule has 3 rings (SSSR count). The number of pyridine rings is 1. The Morgan fingerprint density at radius 3 is 2.24 bits per heavy atom. The predicted octanol–water partition coefficient (Wildman–Crippen LogP) is 3.27. The Morgan fingerprint density at radius 1 is 1.03 bits per heavy atom. The average molecular weight is 428 g/mol. The molecule has 154 valence electrons. The number of nitrogens with zero attached hydrogens (tertiary/aromatic N) is 3. The molecule has 1 amide bonds. The molecule has 1 N–H and O–H groups in total. The third kappa shape index (κ3) is 5.76. The van der Waals surface area contributed by atoms with Gasteiger partial charge in [0.1, 0.15) is 11.4 Å². The van der Waals surface area contributed by atoms with Crippen LogP contribution in [-0.2, 0) is 0 Å². The molecule has 11 heteroatoms. The first kappa shape index (κ1) is 20.8. The second-order valence-corrected chi connectivity index (χ2v) is 6.51. The number of amides is 1. The fraction of sp³-hybridized carbons (Fsp3) is 0.278. The number of ether oxygens (including phenoxy) is 1. The molecular formula is C18H16F4N4O2S. The lowest BCUT2D eigenvalue weighted by molar-refractivity contribution is -0.274. The highest BCUT2D eigenvalue weighted by Gasteiger charge is 2.31. The Bertz CT molecular complexity index is 884. The van der Waals surface area contributed by atoms with Crippen molar-refractivity contribution in [2.45, 2.75) is 6.36 Å². The molecule has 0 aliphatic carbocycles. The molecule has 0 radical (unpaired) electrons. The minimum absolute atomic E-state index is 0.0420. The van der Waals surface area contributed by atoms with Gasteiger partial charge in [-0.1, -0.05) is 6.07 Å². The molecule has 1 aromatic carbocycles. The number of carbonyl (C=O) groups excluding carboxylic acids is 1. The third-order valence-corrected chi connectivity index (χ3v) is 4.49. The molecule has 0 unspecified atom stereocenters. The molecule has 1 aromatic heterocycles. The molecule has 0 bridgehead atoms. The van der Waals surface area contributed by atoms with Gasteiger partial charge < -0.3 is 19.9 Å². The van der Waals surface area contributed by atoms with Gasteiger partial charge in [0.2, 0.25) is 5.95 Å². The Balaban J connectivity index is 1.51. The van der Waals surface area contributed by atoms with Crippen molar-refractivity contribution < 1.29 is 27.1 Å². The molecule has 0 atom stereocenters. The van der Waals surface area contributed by atoms with Gasteiger partial charge in [-0.05, 0) is 48.6 Å². The van der Waals surface area contributed by atoms with Crippen LogP contribution < -0.4 is 10.1 Å². The van der Waals surface area contributed by atoms with Gasteiger partial charge in [-0.15, -0.1) is 13.2 Å². The summed E-state index contributed by atoms with van der Waals surface area (Å²) in [5.41, 5.74) is 0.548. The zero-order valence-electron chi connectivity index (χ0n) is 14.9. The number of halogens is 4. The van der Waals surface area contributed by atoms with Crippen LogP contribution in [0.4, 0.5) is 23.2 Å². The summed E-state index contributed by atoms with van der Waals surface area (Å²) >= 11 is 5.33. The van der Waals surface area contributed by atoms with Crippen molar-refractivity contribution in [3.8, 4) is 5.75 Å². The molecule has 29 heavy (non-hydrogen) atoms.